The van der Waals surface area contributed by atoms with Crippen LogP contribution in [0.25, 0.3) is 0 Å². The van der Waals surface area contributed by atoms with Crippen molar-refractivity contribution in [2.75, 3.05) is 0 Å². The fourth-order valence-electron chi connectivity index (χ4n) is 0. The van der Waals surface area contributed by atoms with E-state index in [1.165, 1.54) is 26.4 Å². The van der Waals surface area contributed by atoms with E-state index in [4.69, 9.17) is 9.59 Å². The fourth-order valence-corrected chi connectivity index (χ4v) is 0. The van der Waals surface area contributed by atoms with Crippen molar-refractivity contribution >= 4 is 12.6 Å². The molecule has 0 unspecified atom stereocenters. The van der Waals surface area contributed by atoms with Gasteiger partial charge in [-0.05, 0) is 0 Å². The quantitative estimate of drug-likeness (QED) is 0.351. The molecule has 0 bridgehead atoms. The normalized spacial score (nSPS) is 3.71. The van der Waals surface area contributed by atoms with E-state index >= 15 is 0 Å². The van der Waals surface area contributed by atoms with Gasteiger partial charge in [-0.25, -0.2) is 0 Å². The van der Waals surface area contributed by atoms with Gasteiger partial charge in [0, 0.05) is 0 Å². The zero-order valence-corrected chi connectivity index (χ0v) is 5.88. The van der Waals surface area contributed by atoms with Crippen LogP contribution in [0.3, 0.4) is 0 Å². The van der Waals surface area contributed by atoms with Crippen LogP contribution in [0, 0.1) is 0 Å². The van der Waals surface area contributed by atoms with E-state index in [-0.39, 0.29) is 21.7 Å². The van der Waals surface area contributed by atoms with Crippen LogP contribution in [0.15, 0.2) is 0 Å². The van der Waals surface area contributed by atoms with E-state index in [9.17, 15) is 0 Å². The summed E-state index contributed by atoms with van der Waals surface area (Å²) in [5.74, 6) is 0. The molecule has 0 amide bonds. The van der Waals surface area contributed by atoms with Crippen molar-refractivity contribution < 1.29 is 31.3 Å². The molecule has 0 saturated carbocycles. The minimum absolute atomic E-state index is 0. The van der Waals surface area contributed by atoms with E-state index in [0.717, 1.165) is 0 Å². The molecule has 0 fully saturated rings. The topological polar surface area (TPSA) is 34.1 Å². The Morgan fingerprint density at radius 2 is 1.00 bits per heavy atom. The maximum Gasteiger partial charge on any atom is 2.00 e. The van der Waals surface area contributed by atoms with E-state index in [1.807, 2.05) is 0 Å². The van der Waals surface area contributed by atoms with Crippen LogP contribution >= 0.6 is 0 Å². The number of hydrogen-bond acceptors (Lipinski definition) is 2. The molecule has 0 aromatic carbocycles. The molecule has 38 valence electrons. The Hall–Kier alpha value is 0.0543. The number of carbonyl (C=O) groups excluding carboxylic acids is 2. The third kappa shape index (κ3) is 33800. The molecule has 0 N–H and O–H groups in total. The second-order valence-corrected chi connectivity index (χ2v) is 0.408. The molecule has 0 radical (unpaired) electrons. The molecule has 0 spiro atoms. The maximum absolute atomic E-state index is 8.68. The number of rotatable bonds is 0. The third-order valence-electron chi connectivity index (χ3n) is 0. The Morgan fingerprint density at radius 1 is 1.00 bits per heavy atom. The van der Waals surface area contributed by atoms with Gasteiger partial charge in [0.25, 0.3) is 0 Å². The van der Waals surface area contributed by atoms with E-state index in [2.05, 4.69) is 0 Å². The van der Waals surface area contributed by atoms with Gasteiger partial charge in [0.05, 0.1) is 0 Å². The largest absolute Gasteiger partial charge is 2.00 e. The summed E-state index contributed by atoms with van der Waals surface area (Å²) < 4.78 is 0. The molecule has 0 aromatic heterocycles. The van der Waals surface area contributed by atoms with Gasteiger partial charge in [0.15, 0.2) is 0 Å². The summed E-state index contributed by atoms with van der Waals surface area (Å²) in [4.78, 5) is 17.4. The minimum Gasteiger partial charge on any atom is -0.542 e. The molecule has 0 aliphatic rings. The first-order valence-electron chi connectivity index (χ1n) is 1.41. The summed E-state index contributed by atoms with van der Waals surface area (Å²) >= 11 is 0. The molecule has 0 saturated heterocycles. The maximum atomic E-state index is 8.68. The van der Waals surface area contributed by atoms with Crippen LogP contribution < -0.4 is 0 Å². The van der Waals surface area contributed by atoms with Gasteiger partial charge < -0.3 is 9.59 Å². The second kappa shape index (κ2) is 36.6. The van der Waals surface area contributed by atoms with E-state index in [0.29, 0.717) is 0 Å². The molecule has 0 heterocycles. The SMILES string of the molecule is C[C-]=O.C[C-]=O.[Ti+2]. The summed E-state index contributed by atoms with van der Waals surface area (Å²) in [6, 6.07) is 0. The first kappa shape index (κ1) is 15.7. The summed E-state index contributed by atoms with van der Waals surface area (Å²) in [5.41, 5.74) is 0. The van der Waals surface area contributed by atoms with Crippen molar-refractivity contribution in [1.29, 1.82) is 0 Å². The van der Waals surface area contributed by atoms with Crippen molar-refractivity contribution in [3.8, 4) is 0 Å². The standard InChI is InChI=1S/2C2H3O.Ti/c2*1-2-3;/h2*1H3;/q2*-1;+2. The van der Waals surface area contributed by atoms with Gasteiger partial charge in [-0.15, -0.1) is 0 Å². The van der Waals surface area contributed by atoms with Crippen LogP contribution in [0.5, 0.6) is 0 Å². The fraction of sp³-hybridized carbons (Fsp3) is 0.500. The van der Waals surface area contributed by atoms with Crippen LogP contribution in [0.2, 0.25) is 0 Å². The van der Waals surface area contributed by atoms with Crippen molar-refractivity contribution in [2.45, 2.75) is 13.8 Å². The second-order valence-electron chi connectivity index (χ2n) is 0.408. The number of hydrogen-bond donors (Lipinski definition) is 0. The van der Waals surface area contributed by atoms with E-state index < -0.39 is 0 Å². The molecule has 2 nitrogen and oxygen atoms in total. The molecule has 0 aromatic rings. The molecule has 0 aliphatic carbocycles. The molecule has 0 rings (SSSR count). The third-order valence-corrected chi connectivity index (χ3v) is 0. The first-order chi connectivity index (χ1) is 2.83. The first-order valence-corrected chi connectivity index (χ1v) is 1.41. The predicted molar refractivity (Wildman–Crippen MR) is 22.7 cm³/mol. The molecule has 3 heteroatoms. The Labute approximate surface area is 58.2 Å². The summed E-state index contributed by atoms with van der Waals surface area (Å²) in [7, 11) is 0. The summed E-state index contributed by atoms with van der Waals surface area (Å²) in [6.45, 7) is 2.64. The van der Waals surface area contributed by atoms with Gasteiger partial charge in [0.1, 0.15) is 0 Å². The Bertz CT molecular complexity index is 30.7. The van der Waals surface area contributed by atoms with Gasteiger partial charge in [0.2, 0.25) is 0 Å². The van der Waals surface area contributed by atoms with Crippen molar-refractivity contribution in [1.82, 2.24) is 0 Å². The molecule has 0 aliphatic heterocycles. The van der Waals surface area contributed by atoms with Crippen LogP contribution in [-0.4, -0.2) is 12.6 Å². The van der Waals surface area contributed by atoms with Gasteiger partial charge in [-0.2, -0.15) is 13.8 Å². The van der Waals surface area contributed by atoms with Gasteiger partial charge in [-0.3, -0.25) is 12.6 Å². The zero-order chi connectivity index (χ0) is 5.41. The average molecular weight is 134 g/mol. The van der Waals surface area contributed by atoms with Crippen LogP contribution in [0.4, 0.5) is 0 Å². The monoisotopic (exact) mass is 134 g/mol. The Balaban J connectivity index is -0.0000000400. The minimum atomic E-state index is 0. The van der Waals surface area contributed by atoms with Crippen LogP contribution in [0.1, 0.15) is 13.8 Å². The molecule has 0 atom stereocenters. The zero-order valence-electron chi connectivity index (χ0n) is 4.32. The summed E-state index contributed by atoms with van der Waals surface area (Å²) in [6.07, 6.45) is 3.00. The average Bonchev–Trinajstić information content (AvgIpc) is 1.39. The van der Waals surface area contributed by atoms with Gasteiger partial charge >= 0.3 is 21.7 Å². The Kier molecular flexibility index (Phi) is 82.4. The van der Waals surface area contributed by atoms with Crippen molar-refractivity contribution in [3.63, 3.8) is 0 Å². The predicted octanol–water partition coefficient (Wildman–Crippen LogP) is 0.230. The molecule has 7 heavy (non-hydrogen) atoms. The van der Waals surface area contributed by atoms with E-state index in [1.54, 1.807) is 0 Å². The van der Waals surface area contributed by atoms with Crippen LogP contribution in [-0.2, 0) is 31.3 Å². The molecular weight excluding hydrogens is 128 g/mol. The van der Waals surface area contributed by atoms with Crippen molar-refractivity contribution in [3.05, 3.63) is 0 Å². The molecular formula is C4H6O2Ti. The Morgan fingerprint density at radius 3 is 1.00 bits per heavy atom. The van der Waals surface area contributed by atoms with Gasteiger partial charge in [-0.1, -0.05) is 0 Å². The smallest absolute Gasteiger partial charge is 0.542 e. The summed E-state index contributed by atoms with van der Waals surface area (Å²) in [5, 5.41) is 0. The van der Waals surface area contributed by atoms with Crippen molar-refractivity contribution in [2.24, 2.45) is 0 Å².